The average Bonchev–Trinajstić information content (AvgIpc) is 2.82. The normalized spacial score (nSPS) is 19.5. The molecular formula is C8H13N3O2S. The van der Waals surface area contributed by atoms with Crippen LogP contribution in [0.3, 0.4) is 0 Å². The van der Waals surface area contributed by atoms with Crippen molar-refractivity contribution in [3.05, 3.63) is 18.2 Å². The van der Waals surface area contributed by atoms with Crippen LogP contribution in [-0.2, 0) is 10.0 Å². The van der Waals surface area contributed by atoms with E-state index in [1.54, 1.807) is 19.3 Å². The highest BCUT2D eigenvalue weighted by molar-refractivity contribution is 7.90. The highest BCUT2D eigenvalue weighted by Gasteiger charge is 2.36. The largest absolute Gasteiger partial charge is 0.347 e. The number of hydrogen-bond acceptors (Lipinski definition) is 3. The first-order chi connectivity index (χ1) is 6.59. The molecule has 0 saturated heterocycles. The van der Waals surface area contributed by atoms with Gasteiger partial charge in [-0.1, -0.05) is 0 Å². The van der Waals surface area contributed by atoms with Crippen molar-refractivity contribution in [1.82, 2.24) is 14.7 Å². The summed E-state index contributed by atoms with van der Waals surface area (Å²) in [4.78, 5) is 6.88. The monoisotopic (exact) mass is 215 g/mol. The quantitative estimate of drug-likeness (QED) is 0.770. The lowest BCUT2D eigenvalue weighted by Gasteiger charge is -2.10. The Balaban J connectivity index is 2.04. The zero-order valence-corrected chi connectivity index (χ0v) is 8.71. The van der Waals surface area contributed by atoms with Crippen molar-refractivity contribution in [3.63, 3.8) is 0 Å². The molecule has 1 saturated carbocycles. The number of nitrogens with one attached hydrogen (secondary N) is 2. The highest BCUT2D eigenvalue weighted by Crippen LogP contribution is 2.28. The van der Waals surface area contributed by atoms with Gasteiger partial charge in [0, 0.05) is 12.4 Å². The van der Waals surface area contributed by atoms with E-state index in [2.05, 4.69) is 14.7 Å². The number of rotatable bonds is 4. The minimum atomic E-state index is -3.12. The van der Waals surface area contributed by atoms with Crippen LogP contribution < -0.4 is 4.72 Å². The lowest BCUT2D eigenvalue weighted by atomic mass is 10.3. The third-order valence-electron chi connectivity index (χ3n) is 2.23. The van der Waals surface area contributed by atoms with Gasteiger partial charge in [-0.25, -0.2) is 18.1 Å². The van der Waals surface area contributed by atoms with Crippen molar-refractivity contribution in [2.45, 2.75) is 31.1 Å². The fourth-order valence-corrected chi connectivity index (χ4v) is 2.84. The average molecular weight is 215 g/mol. The Morgan fingerprint density at radius 1 is 1.64 bits per heavy atom. The SMILES string of the molecule is CC(NS(=O)(=O)C1CC1)c1ncc[nH]1. The minimum Gasteiger partial charge on any atom is -0.347 e. The Kier molecular flexibility index (Phi) is 2.32. The molecule has 1 heterocycles. The van der Waals surface area contributed by atoms with E-state index in [9.17, 15) is 8.42 Å². The van der Waals surface area contributed by atoms with Gasteiger partial charge < -0.3 is 4.98 Å². The van der Waals surface area contributed by atoms with Crippen molar-refractivity contribution in [2.75, 3.05) is 0 Å². The van der Waals surface area contributed by atoms with Gasteiger partial charge in [0.05, 0.1) is 11.3 Å². The summed E-state index contributed by atoms with van der Waals surface area (Å²) in [5, 5.41) is -0.181. The summed E-state index contributed by atoms with van der Waals surface area (Å²) >= 11 is 0. The molecule has 78 valence electrons. The number of aromatic amines is 1. The van der Waals surface area contributed by atoms with Gasteiger partial charge in [-0.05, 0) is 19.8 Å². The first kappa shape index (κ1) is 9.67. The van der Waals surface area contributed by atoms with Gasteiger partial charge in [-0.15, -0.1) is 0 Å². The summed E-state index contributed by atoms with van der Waals surface area (Å²) in [5.74, 6) is 0.647. The molecular weight excluding hydrogens is 202 g/mol. The zero-order valence-electron chi connectivity index (χ0n) is 7.90. The van der Waals surface area contributed by atoms with E-state index in [1.807, 2.05) is 0 Å². The van der Waals surface area contributed by atoms with E-state index in [4.69, 9.17) is 0 Å². The van der Waals surface area contributed by atoms with Crippen molar-refractivity contribution in [1.29, 1.82) is 0 Å². The number of nitrogens with zero attached hydrogens (tertiary/aromatic N) is 1. The second-order valence-electron chi connectivity index (χ2n) is 3.56. The van der Waals surface area contributed by atoms with Gasteiger partial charge >= 0.3 is 0 Å². The summed E-state index contributed by atoms with van der Waals surface area (Å²) in [6, 6.07) is -0.282. The number of aromatic nitrogens is 2. The van der Waals surface area contributed by atoms with Crippen molar-refractivity contribution in [3.8, 4) is 0 Å². The van der Waals surface area contributed by atoms with Crippen LogP contribution in [0.1, 0.15) is 31.6 Å². The Morgan fingerprint density at radius 2 is 2.36 bits per heavy atom. The van der Waals surface area contributed by atoms with Crippen LogP contribution in [0.15, 0.2) is 12.4 Å². The first-order valence-corrected chi connectivity index (χ1v) is 6.14. The fraction of sp³-hybridized carbons (Fsp3) is 0.625. The Bertz CT molecular complexity index is 394. The predicted octanol–water partition coefficient (Wildman–Crippen LogP) is 0.552. The molecule has 0 bridgehead atoms. The molecule has 6 heteroatoms. The second kappa shape index (κ2) is 3.36. The van der Waals surface area contributed by atoms with Crippen LogP contribution in [0.2, 0.25) is 0 Å². The Hall–Kier alpha value is -0.880. The molecule has 0 amide bonds. The summed E-state index contributed by atoms with van der Waals surface area (Å²) in [7, 11) is -3.12. The molecule has 1 aliphatic rings. The molecule has 2 N–H and O–H groups in total. The summed E-state index contributed by atoms with van der Waals surface area (Å²) in [6.07, 6.45) is 4.84. The molecule has 1 aromatic rings. The zero-order chi connectivity index (χ0) is 10.2. The lowest BCUT2D eigenvalue weighted by Crippen LogP contribution is -2.30. The Morgan fingerprint density at radius 3 is 2.86 bits per heavy atom. The van der Waals surface area contributed by atoms with E-state index in [-0.39, 0.29) is 11.3 Å². The third-order valence-corrected chi connectivity index (χ3v) is 4.26. The van der Waals surface area contributed by atoms with Gasteiger partial charge in [-0.3, -0.25) is 0 Å². The topological polar surface area (TPSA) is 74.8 Å². The Labute approximate surface area is 83.0 Å². The van der Waals surface area contributed by atoms with E-state index in [0.29, 0.717) is 5.82 Å². The number of H-pyrrole nitrogens is 1. The fourth-order valence-electron chi connectivity index (χ4n) is 1.29. The second-order valence-corrected chi connectivity index (χ2v) is 5.55. The maximum atomic E-state index is 11.5. The van der Waals surface area contributed by atoms with E-state index >= 15 is 0 Å². The van der Waals surface area contributed by atoms with E-state index in [0.717, 1.165) is 12.8 Å². The molecule has 0 spiro atoms. The van der Waals surface area contributed by atoms with Gasteiger partial charge in [0.15, 0.2) is 0 Å². The molecule has 1 fully saturated rings. The molecule has 0 radical (unpaired) electrons. The minimum absolute atomic E-state index is 0.181. The van der Waals surface area contributed by atoms with Crippen LogP contribution in [0.4, 0.5) is 0 Å². The highest BCUT2D eigenvalue weighted by atomic mass is 32.2. The molecule has 14 heavy (non-hydrogen) atoms. The molecule has 2 rings (SSSR count). The summed E-state index contributed by atoms with van der Waals surface area (Å²) in [5.41, 5.74) is 0. The molecule has 1 aromatic heterocycles. The van der Waals surface area contributed by atoms with Gasteiger partial charge in [0.25, 0.3) is 0 Å². The van der Waals surface area contributed by atoms with E-state index in [1.165, 1.54) is 0 Å². The van der Waals surface area contributed by atoms with Gasteiger partial charge in [0.1, 0.15) is 5.82 Å². The number of imidazole rings is 1. The van der Waals surface area contributed by atoms with Crippen molar-refractivity contribution in [2.24, 2.45) is 0 Å². The van der Waals surface area contributed by atoms with Crippen LogP contribution in [-0.4, -0.2) is 23.6 Å². The summed E-state index contributed by atoms with van der Waals surface area (Å²) < 4.78 is 25.7. The van der Waals surface area contributed by atoms with Crippen LogP contribution >= 0.6 is 0 Å². The lowest BCUT2D eigenvalue weighted by molar-refractivity contribution is 0.560. The van der Waals surface area contributed by atoms with Crippen LogP contribution in [0, 0.1) is 0 Å². The van der Waals surface area contributed by atoms with Crippen LogP contribution in [0.5, 0.6) is 0 Å². The van der Waals surface area contributed by atoms with Crippen LogP contribution in [0.25, 0.3) is 0 Å². The van der Waals surface area contributed by atoms with Gasteiger partial charge in [-0.2, -0.15) is 0 Å². The molecule has 1 aliphatic carbocycles. The number of sulfonamides is 1. The van der Waals surface area contributed by atoms with E-state index < -0.39 is 10.0 Å². The molecule has 1 unspecified atom stereocenters. The maximum Gasteiger partial charge on any atom is 0.215 e. The first-order valence-electron chi connectivity index (χ1n) is 4.60. The maximum absolute atomic E-state index is 11.5. The number of hydrogen-bond donors (Lipinski definition) is 2. The third kappa shape index (κ3) is 1.96. The molecule has 5 nitrogen and oxygen atoms in total. The smallest absolute Gasteiger partial charge is 0.215 e. The van der Waals surface area contributed by atoms with Gasteiger partial charge in [0.2, 0.25) is 10.0 Å². The standard InChI is InChI=1S/C8H13N3O2S/c1-6(8-9-4-5-10-8)11-14(12,13)7-2-3-7/h4-7,11H,2-3H2,1H3,(H,9,10). The molecule has 0 aliphatic heterocycles. The predicted molar refractivity (Wildman–Crippen MR) is 52.1 cm³/mol. The summed E-state index contributed by atoms with van der Waals surface area (Å²) in [6.45, 7) is 1.78. The molecule has 1 atom stereocenters. The van der Waals surface area contributed by atoms with Crippen molar-refractivity contribution < 1.29 is 8.42 Å². The van der Waals surface area contributed by atoms with Crippen molar-refractivity contribution >= 4 is 10.0 Å². The molecule has 0 aromatic carbocycles.